The summed E-state index contributed by atoms with van der Waals surface area (Å²) in [6.07, 6.45) is 44.1. The van der Waals surface area contributed by atoms with Crippen LogP contribution in [-0.4, -0.2) is 96.7 Å². The highest BCUT2D eigenvalue weighted by molar-refractivity contribution is 7.47. The van der Waals surface area contributed by atoms with Gasteiger partial charge in [0, 0.05) is 25.7 Å². The van der Waals surface area contributed by atoms with Crippen molar-refractivity contribution in [3.05, 3.63) is 24.3 Å². The number of unbranched alkanes of at least 4 members (excludes halogenated alkanes) is 28. The van der Waals surface area contributed by atoms with Crippen LogP contribution in [0.25, 0.3) is 0 Å². The number of hydrogen-bond donors (Lipinski definition) is 3. The topological polar surface area (TPSA) is 237 Å². The summed E-state index contributed by atoms with van der Waals surface area (Å²) in [5.41, 5.74) is 0. The first-order valence-electron chi connectivity index (χ1n) is 34.7. The number of esters is 4. The van der Waals surface area contributed by atoms with E-state index in [1.807, 2.05) is 0 Å². The molecular formula is C68H128O17P2. The Labute approximate surface area is 529 Å². The molecule has 0 saturated carbocycles. The van der Waals surface area contributed by atoms with Gasteiger partial charge in [-0.25, -0.2) is 9.13 Å². The van der Waals surface area contributed by atoms with Gasteiger partial charge in [0.2, 0.25) is 0 Å². The predicted octanol–water partition coefficient (Wildman–Crippen LogP) is 18.6. The summed E-state index contributed by atoms with van der Waals surface area (Å²) < 4.78 is 68.1. The summed E-state index contributed by atoms with van der Waals surface area (Å²) in [5.74, 6) is -0.00819. The first-order valence-corrected chi connectivity index (χ1v) is 37.7. The highest BCUT2D eigenvalue weighted by atomic mass is 31.2. The van der Waals surface area contributed by atoms with Crippen LogP contribution in [0.4, 0.5) is 0 Å². The fourth-order valence-electron chi connectivity index (χ4n) is 9.61. The Balaban J connectivity index is 5.28. The number of aliphatic hydroxyl groups excluding tert-OH is 1. The number of phosphoric ester groups is 2. The van der Waals surface area contributed by atoms with E-state index < -0.39 is 97.5 Å². The van der Waals surface area contributed by atoms with Crippen LogP contribution in [0.2, 0.25) is 0 Å². The number of carbonyl (C=O) groups excluding carboxylic acids is 4. The van der Waals surface area contributed by atoms with E-state index in [0.717, 1.165) is 127 Å². The van der Waals surface area contributed by atoms with E-state index in [2.05, 4.69) is 72.8 Å². The van der Waals surface area contributed by atoms with Crippen LogP contribution in [0.15, 0.2) is 24.3 Å². The molecule has 0 radical (unpaired) electrons. The SMILES string of the molecule is CCCCCC/C=C\C=C/CCCCCCCC(=O)O[C@H](COC(=O)CCCCCCCCC(C)CC)COP(=O)(O)OC[C@H](O)COP(=O)(O)OC[C@@H](COC(=O)CCCCCCCCC(C)C)OC(=O)CCCCCCCCCCCCC(C)C. The van der Waals surface area contributed by atoms with E-state index in [4.69, 9.17) is 37.0 Å². The first kappa shape index (κ1) is 84.5. The van der Waals surface area contributed by atoms with E-state index in [-0.39, 0.29) is 25.7 Å². The van der Waals surface area contributed by atoms with E-state index in [1.54, 1.807) is 0 Å². The highest BCUT2D eigenvalue weighted by Gasteiger charge is 2.30. The molecule has 0 aliphatic rings. The minimum atomic E-state index is -4.96. The van der Waals surface area contributed by atoms with Crippen molar-refractivity contribution in [2.45, 2.75) is 330 Å². The third-order valence-corrected chi connectivity index (χ3v) is 17.3. The molecule has 19 heteroatoms. The maximum absolute atomic E-state index is 13.0. The van der Waals surface area contributed by atoms with Crippen molar-refractivity contribution in [2.75, 3.05) is 39.6 Å². The van der Waals surface area contributed by atoms with E-state index in [9.17, 15) is 43.2 Å². The summed E-state index contributed by atoms with van der Waals surface area (Å²) in [6.45, 7) is 11.6. The van der Waals surface area contributed by atoms with Gasteiger partial charge < -0.3 is 33.8 Å². The molecule has 0 fully saturated rings. The minimum Gasteiger partial charge on any atom is -0.462 e. The normalized spacial score (nSPS) is 14.8. The number of rotatable bonds is 64. The van der Waals surface area contributed by atoms with Crippen molar-refractivity contribution in [1.82, 2.24) is 0 Å². The Hall–Kier alpha value is -2.46. The van der Waals surface area contributed by atoms with Gasteiger partial charge in [0.25, 0.3) is 0 Å². The maximum atomic E-state index is 13.0. The van der Waals surface area contributed by atoms with Crippen molar-refractivity contribution in [3.8, 4) is 0 Å². The molecule has 3 unspecified atom stereocenters. The van der Waals surface area contributed by atoms with Gasteiger partial charge in [0.15, 0.2) is 12.2 Å². The Bertz CT molecular complexity index is 1810. The zero-order chi connectivity index (χ0) is 64.5. The molecule has 0 saturated heterocycles. The lowest BCUT2D eigenvalue weighted by Gasteiger charge is -2.21. The largest absolute Gasteiger partial charge is 0.472 e. The lowest BCUT2D eigenvalue weighted by Crippen LogP contribution is -2.30. The molecule has 0 rings (SSSR count). The summed E-state index contributed by atoms with van der Waals surface area (Å²) in [4.78, 5) is 72.4. The van der Waals surface area contributed by atoms with Gasteiger partial charge in [0.05, 0.1) is 26.4 Å². The van der Waals surface area contributed by atoms with Crippen LogP contribution in [0.5, 0.6) is 0 Å². The van der Waals surface area contributed by atoms with Gasteiger partial charge in [-0.15, -0.1) is 0 Å². The molecule has 0 bridgehead atoms. The number of ether oxygens (including phenoxy) is 4. The van der Waals surface area contributed by atoms with Crippen LogP contribution in [0, 0.1) is 17.8 Å². The monoisotopic (exact) mass is 1280 g/mol. The van der Waals surface area contributed by atoms with Crippen molar-refractivity contribution in [3.63, 3.8) is 0 Å². The quantitative estimate of drug-likeness (QED) is 0.0169. The highest BCUT2D eigenvalue weighted by Crippen LogP contribution is 2.45. The molecule has 0 aliphatic carbocycles. The molecule has 0 aromatic rings. The standard InChI is InChI=1S/C68H128O17P2/c1-8-10-11-12-13-14-15-16-17-18-19-23-26-37-44-51-67(72)85-64(56-79-66(71)50-43-36-31-29-34-41-48-61(7)9-2)58-83-87(76,77)81-54-62(69)53-80-86(74,75)82-57-63(55-78-65(70)49-42-35-30-28-33-40-47-60(5)6)84-68(73)52-45-38-27-24-21-20-22-25-32-39-46-59(3)4/h14-17,59-64,69H,8-13,18-58H2,1-7H3,(H,74,75)(H,76,77)/b15-14-,17-16-/t61?,62-,63-,64-/m1/s1. The van der Waals surface area contributed by atoms with Gasteiger partial charge in [-0.1, -0.05) is 259 Å². The summed E-state index contributed by atoms with van der Waals surface area (Å²) in [5, 5.41) is 10.6. The number of allylic oxidation sites excluding steroid dienone is 4. The number of phosphoric acid groups is 2. The lowest BCUT2D eigenvalue weighted by atomic mass is 10.00. The first-order chi connectivity index (χ1) is 41.8. The zero-order valence-electron chi connectivity index (χ0n) is 56.0. The van der Waals surface area contributed by atoms with E-state index in [1.165, 1.54) is 96.3 Å². The molecular weight excluding hydrogens is 1150 g/mol. The van der Waals surface area contributed by atoms with Crippen LogP contribution in [0.3, 0.4) is 0 Å². The fraction of sp³-hybridized carbons (Fsp3) is 0.882. The van der Waals surface area contributed by atoms with Crippen LogP contribution in [0.1, 0.15) is 312 Å². The molecule has 3 N–H and O–H groups in total. The molecule has 0 aliphatic heterocycles. The van der Waals surface area contributed by atoms with Crippen LogP contribution in [-0.2, 0) is 65.4 Å². The molecule has 0 aromatic heterocycles. The summed E-state index contributed by atoms with van der Waals surface area (Å²) in [6, 6.07) is 0. The second-order valence-corrected chi connectivity index (χ2v) is 28.0. The van der Waals surface area contributed by atoms with E-state index in [0.29, 0.717) is 31.6 Å². The van der Waals surface area contributed by atoms with Crippen LogP contribution < -0.4 is 0 Å². The smallest absolute Gasteiger partial charge is 0.462 e. The van der Waals surface area contributed by atoms with Gasteiger partial charge in [0.1, 0.15) is 19.3 Å². The van der Waals surface area contributed by atoms with Crippen molar-refractivity contribution < 1.29 is 80.2 Å². The maximum Gasteiger partial charge on any atom is 0.472 e. The Morgan fingerprint density at radius 1 is 0.379 bits per heavy atom. The van der Waals surface area contributed by atoms with Crippen molar-refractivity contribution in [1.29, 1.82) is 0 Å². The molecule has 0 heterocycles. The average Bonchev–Trinajstić information content (AvgIpc) is 3.70. The van der Waals surface area contributed by atoms with Crippen molar-refractivity contribution >= 4 is 39.5 Å². The van der Waals surface area contributed by atoms with Gasteiger partial charge >= 0.3 is 39.5 Å². The minimum absolute atomic E-state index is 0.0835. The van der Waals surface area contributed by atoms with Gasteiger partial charge in [-0.2, -0.15) is 0 Å². The lowest BCUT2D eigenvalue weighted by molar-refractivity contribution is -0.161. The van der Waals surface area contributed by atoms with Gasteiger partial charge in [-0.05, 0) is 69.1 Å². The van der Waals surface area contributed by atoms with E-state index >= 15 is 0 Å². The number of carbonyl (C=O) groups is 4. The second kappa shape index (κ2) is 58.6. The third-order valence-electron chi connectivity index (χ3n) is 15.4. The Morgan fingerprint density at radius 3 is 1.02 bits per heavy atom. The molecule has 0 spiro atoms. The fourth-order valence-corrected chi connectivity index (χ4v) is 11.2. The number of hydrogen-bond acceptors (Lipinski definition) is 15. The molecule has 87 heavy (non-hydrogen) atoms. The zero-order valence-corrected chi connectivity index (χ0v) is 57.7. The molecule has 17 nitrogen and oxygen atoms in total. The van der Waals surface area contributed by atoms with Gasteiger partial charge in [-0.3, -0.25) is 37.3 Å². The third kappa shape index (κ3) is 60.9. The summed E-state index contributed by atoms with van der Waals surface area (Å²) >= 11 is 0. The Morgan fingerprint density at radius 2 is 0.678 bits per heavy atom. The predicted molar refractivity (Wildman–Crippen MR) is 349 cm³/mol. The molecule has 6 atom stereocenters. The summed E-state index contributed by atoms with van der Waals surface area (Å²) in [7, 11) is -9.91. The molecule has 512 valence electrons. The second-order valence-electron chi connectivity index (χ2n) is 25.1. The average molecular weight is 1280 g/mol. The molecule has 0 aromatic carbocycles. The van der Waals surface area contributed by atoms with Crippen LogP contribution >= 0.6 is 15.6 Å². The number of aliphatic hydroxyl groups is 1. The van der Waals surface area contributed by atoms with Crippen molar-refractivity contribution in [2.24, 2.45) is 17.8 Å². The molecule has 0 amide bonds. The Kier molecular flexibility index (Phi) is 57.0.